The Bertz CT molecular complexity index is 406. The summed E-state index contributed by atoms with van der Waals surface area (Å²) in [5.74, 6) is 0. The van der Waals surface area contributed by atoms with Crippen LogP contribution in [0.4, 0.5) is 0 Å². The van der Waals surface area contributed by atoms with E-state index in [2.05, 4.69) is 47.9 Å². The zero-order valence-electron chi connectivity index (χ0n) is 13.0. The van der Waals surface area contributed by atoms with Crippen LogP contribution in [0, 0.1) is 0 Å². The van der Waals surface area contributed by atoms with E-state index >= 15 is 0 Å². The molecule has 2 heteroatoms. The number of hydrogen-bond acceptors (Lipinski definition) is 2. The van der Waals surface area contributed by atoms with Gasteiger partial charge in [-0.05, 0) is 63.7 Å². The number of hydrogen-bond donors (Lipinski definition) is 0. The van der Waals surface area contributed by atoms with E-state index in [1.54, 1.807) is 0 Å². The van der Waals surface area contributed by atoms with Crippen molar-refractivity contribution >= 4 is 0 Å². The van der Waals surface area contributed by atoms with E-state index < -0.39 is 0 Å². The van der Waals surface area contributed by atoms with E-state index in [0.29, 0.717) is 0 Å². The summed E-state index contributed by atoms with van der Waals surface area (Å²) in [6.07, 6.45) is 5.47. The van der Waals surface area contributed by atoms with Crippen LogP contribution >= 0.6 is 0 Å². The first-order valence-electron chi connectivity index (χ1n) is 8.28. The maximum absolute atomic E-state index is 2.62. The third kappa shape index (κ3) is 3.24. The Hall–Kier alpha value is -0.860. The Morgan fingerprint density at radius 3 is 1.80 bits per heavy atom. The molecule has 2 aliphatic rings. The van der Waals surface area contributed by atoms with Crippen LogP contribution in [0.5, 0.6) is 0 Å². The Labute approximate surface area is 123 Å². The average Bonchev–Trinajstić information content (AvgIpc) is 3.01. The van der Waals surface area contributed by atoms with Crippen LogP contribution in [0.3, 0.4) is 0 Å². The van der Waals surface area contributed by atoms with Crippen molar-refractivity contribution in [2.24, 2.45) is 0 Å². The molecule has 2 fully saturated rings. The van der Waals surface area contributed by atoms with Gasteiger partial charge in [0.25, 0.3) is 0 Å². The maximum atomic E-state index is 2.62. The van der Waals surface area contributed by atoms with Gasteiger partial charge in [-0.1, -0.05) is 24.3 Å². The lowest BCUT2D eigenvalue weighted by molar-refractivity contribution is 0.256. The van der Waals surface area contributed by atoms with Crippen LogP contribution in [0.2, 0.25) is 0 Å². The molecule has 2 saturated heterocycles. The van der Waals surface area contributed by atoms with Gasteiger partial charge >= 0.3 is 0 Å². The van der Waals surface area contributed by atoms with Gasteiger partial charge in [-0.3, -0.25) is 9.80 Å². The molecular weight excluding hydrogens is 244 g/mol. The first-order valence-corrected chi connectivity index (χ1v) is 8.28. The topological polar surface area (TPSA) is 6.48 Å². The minimum absolute atomic E-state index is 0.761. The maximum Gasteiger partial charge on any atom is 0.0236 e. The summed E-state index contributed by atoms with van der Waals surface area (Å²) in [5, 5.41) is 0. The summed E-state index contributed by atoms with van der Waals surface area (Å²) in [6, 6.07) is 10.8. The molecule has 0 aromatic heterocycles. The molecule has 0 N–H and O–H groups in total. The molecule has 2 atom stereocenters. The van der Waals surface area contributed by atoms with Gasteiger partial charge < -0.3 is 0 Å². The van der Waals surface area contributed by atoms with Crippen molar-refractivity contribution < 1.29 is 0 Å². The van der Waals surface area contributed by atoms with Crippen molar-refractivity contribution in [2.75, 3.05) is 13.1 Å². The summed E-state index contributed by atoms with van der Waals surface area (Å²) in [4.78, 5) is 5.25. The molecule has 0 unspecified atom stereocenters. The first-order chi connectivity index (χ1) is 9.72. The monoisotopic (exact) mass is 272 g/mol. The van der Waals surface area contributed by atoms with Crippen molar-refractivity contribution in [1.82, 2.24) is 9.80 Å². The molecule has 20 heavy (non-hydrogen) atoms. The number of nitrogens with zero attached hydrogens (tertiary/aromatic N) is 2. The quantitative estimate of drug-likeness (QED) is 0.825. The van der Waals surface area contributed by atoms with Crippen LogP contribution in [0.25, 0.3) is 0 Å². The largest absolute Gasteiger partial charge is 0.296 e. The van der Waals surface area contributed by atoms with E-state index in [1.165, 1.54) is 49.9 Å². The zero-order valence-corrected chi connectivity index (χ0v) is 13.0. The summed E-state index contributed by atoms with van der Waals surface area (Å²) in [5.41, 5.74) is 2.98. The molecule has 2 heterocycles. The van der Waals surface area contributed by atoms with Gasteiger partial charge in [-0.25, -0.2) is 0 Å². The van der Waals surface area contributed by atoms with Gasteiger partial charge in [-0.15, -0.1) is 0 Å². The van der Waals surface area contributed by atoms with Gasteiger partial charge in [0.1, 0.15) is 0 Å². The predicted octanol–water partition coefficient (Wildman–Crippen LogP) is 3.66. The molecule has 0 saturated carbocycles. The van der Waals surface area contributed by atoms with E-state index in [-0.39, 0.29) is 0 Å². The lowest BCUT2D eigenvalue weighted by atomic mass is 10.1. The Morgan fingerprint density at radius 1 is 0.900 bits per heavy atom. The molecule has 0 radical (unpaired) electrons. The minimum atomic E-state index is 0.761. The summed E-state index contributed by atoms with van der Waals surface area (Å²) >= 11 is 0. The molecule has 2 aliphatic heterocycles. The summed E-state index contributed by atoms with van der Waals surface area (Å²) < 4.78 is 0. The molecule has 0 bridgehead atoms. The SMILES string of the molecule is C[C@H]1CCCN1Cc1cccc(CN2CCC[C@@H]2C)c1. The summed E-state index contributed by atoms with van der Waals surface area (Å²) in [7, 11) is 0. The fraction of sp³-hybridized carbons (Fsp3) is 0.667. The third-order valence-corrected chi connectivity index (χ3v) is 5.14. The van der Waals surface area contributed by atoms with E-state index in [0.717, 1.165) is 25.2 Å². The summed E-state index contributed by atoms with van der Waals surface area (Å²) in [6.45, 7) is 9.53. The molecule has 2 nitrogen and oxygen atoms in total. The third-order valence-electron chi connectivity index (χ3n) is 5.14. The average molecular weight is 272 g/mol. The molecule has 110 valence electrons. The van der Waals surface area contributed by atoms with Gasteiger partial charge in [0.15, 0.2) is 0 Å². The highest BCUT2D eigenvalue weighted by molar-refractivity contribution is 5.23. The highest BCUT2D eigenvalue weighted by Crippen LogP contribution is 2.22. The van der Waals surface area contributed by atoms with Crippen molar-refractivity contribution in [2.45, 2.75) is 64.7 Å². The van der Waals surface area contributed by atoms with Crippen molar-refractivity contribution in [3.8, 4) is 0 Å². The van der Waals surface area contributed by atoms with Crippen molar-refractivity contribution in [3.63, 3.8) is 0 Å². The molecule has 0 aliphatic carbocycles. The highest BCUT2D eigenvalue weighted by Gasteiger charge is 2.21. The fourth-order valence-electron chi connectivity index (χ4n) is 3.75. The van der Waals surface area contributed by atoms with Gasteiger partial charge in [0, 0.05) is 25.2 Å². The lowest BCUT2D eigenvalue weighted by Gasteiger charge is -2.23. The van der Waals surface area contributed by atoms with Crippen molar-refractivity contribution in [1.29, 1.82) is 0 Å². The second kappa shape index (κ2) is 6.28. The molecule has 1 aromatic carbocycles. The molecular formula is C18H28N2. The van der Waals surface area contributed by atoms with Crippen molar-refractivity contribution in [3.05, 3.63) is 35.4 Å². The normalized spacial score (nSPS) is 28.3. The van der Waals surface area contributed by atoms with Crippen LogP contribution in [0.15, 0.2) is 24.3 Å². The van der Waals surface area contributed by atoms with Gasteiger partial charge in [0.2, 0.25) is 0 Å². The number of rotatable bonds is 4. The molecule has 1 aromatic rings. The Kier molecular flexibility index (Phi) is 4.42. The zero-order chi connectivity index (χ0) is 13.9. The minimum Gasteiger partial charge on any atom is -0.296 e. The molecule has 3 rings (SSSR count). The molecule has 0 amide bonds. The van der Waals surface area contributed by atoms with Gasteiger partial charge in [-0.2, -0.15) is 0 Å². The highest BCUT2D eigenvalue weighted by atomic mass is 15.2. The smallest absolute Gasteiger partial charge is 0.0236 e. The van der Waals surface area contributed by atoms with Crippen LogP contribution in [-0.4, -0.2) is 35.0 Å². The lowest BCUT2D eigenvalue weighted by Crippen LogP contribution is -2.27. The number of likely N-dealkylation sites (tertiary alicyclic amines) is 2. The van der Waals surface area contributed by atoms with E-state index in [1.807, 2.05) is 0 Å². The predicted molar refractivity (Wildman–Crippen MR) is 84.7 cm³/mol. The second-order valence-electron chi connectivity index (χ2n) is 6.74. The standard InChI is InChI=1S/C18H28N2/c1-15-6-4-10-19(15)13-17-8-3-9-18(12-17)14-20-11-5-7-16(20)2/h3,8-9,12,15-16H,4-7,10-11,13-14H2,1-2H3/t15-,16-/m0/s1. The van der Waals surface area contributed by atoms with Gasteiger partial charge in [0.05, 0.1) is 0 Å². The Morgan fingerprint density at radius 2 is 1.40 bits per heavy atom. The number of benzene rings is 1. The fourth-order valence-corrected chi connectivity index (χ4v) is 3.75. The van der Waals surface area contributed by atoms with Crippen LogP contribution < -0.4 is 0 Å². The van der Waals surface area contributed by atoms with Crippen LogP contribution in [0.1, 0.15) is 50.7 Å². The Balaban J connectivity index is 1.63. The van der Waals surface area contributed by atoms with E-state index in [4.69, 9.17) is 0 Å². The first kappa shape index (κ1) is 14.1. The molecule has 0 spiro atoms. The van der Waals surface area contributed by atoms with Crippen LogP contribution in [-0.2, 0) is 13.1 Å². The second-order valence-corrected chi connectivity index (χ2v) is 6.74. The van der Waals surface area contributed by atoms with E-state index in [9.17, 15) is 0 Å².